The summed E-state index contributed by atoms with van der Waals surface area (Å²) in [5, 5.41) is 9.75. The molecule has 124 valence electrons. The minimum Gasteiger partial charge on any atom is -0.391 e. The summed E-state index contributed by atoms with van der Waals surface area (Å²) >= 11 is 0. The molecule has 2 atom stereocenters. The molecule has 2 aliphatic heterocycles. The van der Waals surface area contributed by atoms with Gasteiger partial charge in [0.1, 0.15) is 0 Å². The highest BCUT2D eigenvalue weighted by Crippen LogP contribution is 2.29. The topological polar surface area (TPSA) is 60.9 Å². The van der Waals surface area contributed by atoms with Crippen LogP contribution >= 0.6 is 0 Å². The fourth-order valence-electron chi connectivity index (χ4n) is 3.59. The highest BCUT2D eigenvalue weighted by atomic mass is 16.3. The van der Waals surface area contributed by atoms with E-state index in [0.717, 1.165) is 30.5 Å². The lowest BCUT2D eigenvalue weighted by Crippen LogP contribution is -2.45. The third-order valence-corrected chi connectivity index (χ3v) is 4.85. The van der Waals surface area contributed by atoms with E-state index < -0.39 is 6.10 Å². The molecule has 1 aromatic carbocycles. The van der Waals surface area contributed by atoms with Crippen LogP contribution in [0.5, 0.6) is 0 Å². The van der Waals surface area contributed by atoms with Crippen molar-refractivity contribution in [1.29, 1.82) is 0 Å². The smallest absolute Gasteiger partial charge is 0.228 e. The van der Waals surface area contributed by atoms with Crippen LogP contribution in [0.3, 0.4) is 0 Å². The maximum atomic E-state index is 12.7. The van der Waals surface area contributed by atoms with E-state index in [9.17, 15) is 14.7 Å². The largest absolute Gasteiger partial charge is 0.391 e. The Labute approximate surface area is 136 Å². The van der Waals surface area contributed by atoms with Gasteiger partial charge in [0.2, 0.25) is 11.8 Å². The summed E-state index contributed by atoms with van der Waals surface area (Å²) in [4.78, 5) is 28.5. The molecule has 1 aromatic rings. The summed E-state index contributed by atoms with van der Waals surface area (Å²) in [5.74, 6) is -0.270. The van der Waals surface area contributed by atoms with Gasteiger partial charge < -0.3 is 14.9 Å². The van der Waals surface area contributed by atoms with Crippen molar-refractivity contribution in [3.63, 3.8) is 0 Å². The van der Waals surface area contributed by atoms with Crippen LogP contribution < -0.4 is 4.90 Å². The summed E-state index contributed by atoms with van der Waals surface area (Å²) in [6.07, 6.45) is 2.28. The summed E-state index contributed by atoms with van der Waals surface area (Å²) < 4.78 is 0. The third-order valence-electron chi connectivity index (χ3n) is 4.85. The molecule has 0 saturated carbocycles. The van der Waals surface area contributed by atoms with Crippen LogP contribution in [0.15, 0.2) is 24.3 Å². The predicted molar refractivity (Wildman–Crippen MR) is 88.1 cm³/mol. The SMILES string of the molecule is CCc1ccccc1N1CC(C(=O)N2CCCC(O)C2)CC1=O. The minimum absolute atomic E-state index is 0.00794. The maximum Gasteiger partial charge on any atom is 0.228 e. The summed E-state index contributed by atoms with van der Waals surface area (Å²) in [5.41, 5.74) is 2.05. The maximum absolute atomic E-state index is 12.7. The molecule has 2 heterocycles. The van der Waals surface area contributed by atoms with Crippen molar-refractivity contribution in [1.82, 2.24) is 4.90 Å². The Morgan fingerprint density at radius 3 is 2.83 bits per heavy atom. The van der Waals surface area contributed by atoms with Crippen LogP contribution in [0.4, 0.5) is 5.69 Å². The van der Waals surface area contributed by atoms with Crippen molar-refractivity contribution < 1.29 is 14.7 Å². The first kappa shape index (κ1) is 16.0. The Hall–Kier alpha value is -1.88. The Bertz CT molecular complexity index is 602. The monoisotopic (exact) mass is 316 g/mol. The van der Waals surface area contributed by atoms with Crippen LogP contribution in [-0.4, -0.2) is 47.6 Å². The van der Waals surface area contributed by atoms with Gasteiger partial charge in [-0.15, -0.1) is 0 Å². The van der Waals surface area contributed by atoms with Gasteiger partial charge >= 0.3 is 0 Å². The molecular formula is C18H24N2O3. The van der Waals surface area contributed by atoms with Gasteiger partial charge in [0.15, 0.2) is 0 Å². The number of piperidine rings is 1. The molecule has 5 heteroatoms. The van der Waals surface area contributed by atoms with Gasteiger partial charge in [-0.05, 0) is 30.9 Å². The van der Waals surface area contributed by atoms with Gasteiger partial charge in [-0.1, -0.05) is 25.1 Å². The second-order valence-corrected chi connectivity index (χ2v) is 6.47. The molecule has 1 N–H and O–H groups in total. The number of hydrogen-bond donors (Lipinski definition) is 1. The number of benzene rings is 1. The lowest BCUT2D eigenvalue weighted by atomic mass is 10.0. The number of hydrogen-bond acceptors (Lipinski definition) is 3. The lowest BCUT2D eigenvalue weighted by molar-refractivity contribution is -0.138. The molecule has 3 rings (SSSR count). The number of amides is 2. The normalized spacial score (nSPS) is 25.0. The van der Waals surface area contributed by atoms with Gasteiger partial charge in [0.05, 0.1) is 12.0 Å². The zero-order valence-corrected chi connectivity index (χ0v) is 13.6. The molecule has 0 aliphatic carbocycles. The van der Waals surface area contributed by atoms with E-state index in [-0.39, 0.29) is 24.2 Å². The number of aliphatic hydroxyl groups excluding tert-OH is 1. The van der Waals surface area contributed by atoms with E-state index >= 15 is 0 Å². The number of likely N-dealkylation sites (tertiary alicyclic amines) is 1. The van der Waals surface area contributed by atoms with Crippen molar-refractivity contribution in [3.8, 4) is 0 Å². The van der Waals surface area contributed by atoms with E-state index in [1.54, 1.807) is 9.80 Å². The summed E-state index contributed by atoms with van der Waals surface area (Å²) in [6, 6.07) is 7.88. The zero-order valence-electron chi connectivity index (χ0n) is 13.6. The fraction of sp³-hybridized carbons (Fsp3) is 0.556. The molecule has 2 amide bonds. The molecule has 0 spiro atoms. The molecule has 23 heavy (non-hydrogen) atoms. The highest BCUT2D eigenvalue weighted by molar-refractivity contribution is 6.00. The van der Waals surface area contributed by atoms with Crippen molar-refractivity contribution >= 4 is 17.5 Å². The minimum atomic E-state index is -0.429. The van der Waals surface area contributed by atoms with Crippen molar-refractivity contribution in [3.05, 3.63) is 29.8 Å². The molecule has 2 unspecified atom stereocenters. The van der Waals surface area contributed by atoms with Gasteiger partial charge in [-0.3, -0.25) is 9.59 Å². The number of para-hydroxylation sites is 1. The van der Waals surface area contributed by atoms with Gasteiger partial charge in [0.25, 0.3) is 0 Å². The molecule has 0 aromatic heterocycles. The van der Waals surface area contributed by atoms with Crippen LogP contribution in [0, 0.1) is 5.92 Å². The van der Waals surface area contributed by atoms with Crippen LogP contribution in [-0.2, 0) is 16.0 Å². The second kappa shape index (κ2) is 6.71. The van der Waals surface area contributed by atoms with E-state index in [1.165, 1.54) is 0 Å². The number of carbonyl (C=O) groups excluding carboxylic acids is 2. The third kappa shape index (κ3) is 3.24. The molecule has 2 aliphatic rings. The number of nitrogens with zero attached hydrogens (tertiary/aromatic N) is 2. The summed E-state index contributed by atoms with van der Waals surface area (Å²) in [6.45, 7) is 3.60. The molecule has 5 nitrogen and oxygen atoms in total. The highest BCUT2D eigenvalue weighted by Gasteiger charge is 2.38. The standard InChI is InChI=1S/C18H24N2O3/c1-2-13-6-3-4-8-16(13)20-11-14(10-17(20)22)18(23)19-9-5-7-15(21)12-19/h3-4,6,8,14-15,21H,2,5,7,9-12H2,1H3. The molecule has 2 fully saturated rings. The van der Waals surface area contributed by atoms with Crippen molar-refractivity contribution in [2.45, 2.75) is 38.7 Å². The first-order chi connectivity index (χ1) is 11.1. The number of aryl methyl sites for hydroxylation is 1. The number of β-amino-alcohol motifs (C(OH)–C–C–N with tert-alkyl or cyclic N) is 1. The first-order valence-electron chi connectivity index (χ1n) is 8.45. The first-order valence-corrected chi connectivity index (χ1v) is 8.45. The quantitative estimate of drug-likeness (QED) is 0.921. The second-order valence-electron chi connectivity index (χ2n) is 6.47. The van der Waals surface area contributed by atoms with E-state index in [0.29, 0.717) is 19.6 Å². The van der Waals surface area contributed by atoms with E-state index in [4.69, 9.17) is 0 Å². The Kier molecular flexibility index (Phi) is 4.66. The average molecular weight is 316 g/mol. The molecule has 2 saturated heterocycles. The van der Waals surface area contributed by atoms with Crippen molar-refractivity contribution in [2.24, 2.45) is 5.92 Å². The van der Waals surface area contributed by atoms with E-state index in [2.05, 4.69) is 6.92 Å². The molecule has 0 bridgehead atoms. The Balaban J connectivity index is 1.73. The van der Waals surface area contributed by atoms with Crippen molar-refractivity contribution in [2.75, 3.05) is 24.5 Å². The van der Waals surface area contributed by atoms with Gasteiger partial charge in [-0.25, -0.2) is 0 Å². The Morgan fingerprint density at radius 1 is 1.30 bits per heavy atom. The summed E-state index contributed by atoms with van der Waals surface area (Å²) in [7, 11) is 0. The molecular weight excluding hydrogens is 292 g/mol. The van der Waals surface area contributed by atoms with Crippen LogP contribution in [0.25, 0.3) is 0 Å². The number of rotatable bonds is 3. The number of carbonyl (C=O) groups is 2. The van der Waals surface area contributed by atoms with Gasteiger partial charge in [0, 0.05) is 31.7 Å². The molecule has 0 radical (unpaired) electrons. The fourth-order valence-corrected chi connectivity index (χ4v) is 3.59. The lowest BCUT2D eigenvalue weighted by Gasteiger charge is -2.32. The number of aliphatic hydroxyl groups is 1. The Morgan fingerprint density at radius 2 is 2.09 bits per heavy atom. The zero-order chi connectivity index (χ0) is 16.4. The number of anilines is 1. The predicted octanol–water partition coefficient (Wildman–Crippen LogP) is 1.59. The van der Waals surface area contributed by atoms with Gasteiger partial charge in [-0.2, -0.15) is 0 Å². The average Bonchev–Trinajstić information content (AvgIpc) is 2.95. The van der Waals surface area contributed by atoms with Crippen LogP contribution in [0.1, 0.15) is 31.7 Å². The van der Waals surface area contributed by atoms with E-state index in [1.807, 2.05) is 24.3 Å². The van der Waals surface area contributed by atoms with Crippen LogP contribution in [0.2, 0.25) is 0 Å².